The maximum atomic E-state index is 5.53. The van der Waals surface area contributed by atoms with Crippen molar-refractivity contribution in [2.75, 3.05) is 26.2 Å². The fraction of sp³-hybridized carbons (Fsp3) is 0.615. The van der Waals surface area contributed by atoms with Gasteiger partial charge in [-0.25, -0.2) is 0 Å². The van der Waals surface area contributed by atoms with E-state index in [1.807, 2.05) is 12.4 Å². The Morgan fingerprint density at radius 1 is 1.25 bits per heavy atom. The van der Waals surface area contributed by atoms with Crippen molar-refractivity contribution in [1.82, 2.24) is 9.88 Å². The number of nitrogens with two attached hydrogens (primary N) is 1. The van der Waals surface area contributed by atoms with Gasteiger partial charge in [-0.05, 0) is 69.1 Å². The molecule has 2 rings (SSSR count). The summed E-state index contributed by atoms with van der Waals surface area (Å²) in [5.41, 5.74) is 6.98. The zero-order valence-electron chi connectivity index (χ0n) is 9.81. The number of likely N-dealkylation sites (tertiary alicyclic amines) is 1. The average Bonchev–Trinajstić information content (AvgIpc) is 2.38. The van der Waals surface area contributed by atoms with Crippen molar-refractivity contribution in [2.24, 2.45) is 5.73 Å². The van der Waals surface area contributed by atoms with E-state index in [1.54, 1.807) is 0 Å². The molecule has 88 valence electrons. The van der Waals surface area contributed by atoms with Crippen molar-refractivity contribution in [3.8, 4) is 0 Å². The lowest BCUT2D eigenvalue weighted by Gasteiger charge is -2.32. The summed E-state index contributed by atoms with van der Waals surface area (Å²) in [6.45, 7) is 4.41. The van der Waals surface area contributed by atoms with Gasteiger partial charge in [0.2, 0.25) is 0 Å². The van der Waals surface area contributed by atoms with E-state index in [-0.39, 0.29) is 0 Å². The van der Waals surface area contributed by atoms with Gasteiger partial charge in [0.15, 0.2) is 0 Å². The standard InChI is InChI=1S/C13H21N3/c14-6-1-9-16-10-4-13(5-11-16)12-2-7-15-8-3-12/h2-3,7-8,13H,1,4-6,9-11,14H2. The highest BCUT2D eigenvalue weighted by atomic mass is 15.1. The molecule has 0 aliphatic carbocycles. The van der Waals surface area contributed by atoms with Gasteiger partial charge in [-0.2, -0.15) is 0 Å². The molecule has 0 atom stereocenters. The molecular weight excluding hydrogens is 198 g/mol. The third-order valence-electron chi connectivity index (χ3n) is 3.44. The van der Waals surface area contributed by atoms with Crippen LogP contribution < -0.4 is 5.73 Å². The van der Waals surface area contributed by atoms with Crippen molar-refractivity contribution in [3.05, 3.63) is 30.1 Å². The van der Waals surface area contributed by atoms with Gasteiger partial charge >= 0.3 is 0 Å². The minimum Gasteiger partial charge on any atom is -0.330 e. The number of hydrogen-bond donors (Lipinski definition) is 1. The number of hydrogen-bond acceptors (Lipinski definition) is 3. The molecule has 3 heteroatoms. The van der Waals surface area contributed by atoms with E-state index in [1.165, 1.54) is 38.0 Å². The second-order valence-electron chi connectivity index (χ2n) is 4.54. The summed E-state index contributed by atoms with van der Waals surface area (Å²) in [5.74, 6) is 0.733. The third kappa shape index (κ3) is 3.03. The molecule has 1 aliphatic heterocycles. The summed E-state index contributed by atoms with van der Waals surface area (Å²) in [6, 6.07) is 4.31. The smallest absolute Gasteiger partial charge is 0.0270 e. The Bertz CT molecular complexity index is 291. The molecule has 16 heavy (non-hydrogen) atoms. The van der Waals surface area contributed by atoms with E-state index in [2.05, 4.69) is 22.0 Å². The Kier molecular flexibility index (Phi) is 4.31. The van der Waals surface area contributed by atoms with Gasteiger partial charge in [0.05, 0.1) is 0 Å². The molecule has 1 aliphatic rings. The summed E-state index contributed by atoms with van der Waals surface area (Å²) >= 11 is 0. The number of rotatable bonds is 4. The lowest BCUT2D eigenvalue weighted by Crippen LogP contribution is -2.34. The fourth-order valence-electron chi connectivity index (χ4n) is 2.44. The Morgan fingerprint density at radius 3 is 2.56 bits per heavy atom. The minimum atomic E-state index is 0.733. The van der Waals surface area contributed by atoms with Gasteiger partial charge in [0.1, 0.15) is 0 Å². The molecular formula is C13H21N3. The predicted octanol–water partition coefficient (Wildman–Crippen LogP) is 1.61. The van der Waals surface area contributed by atoms with Crippen LogP contribution in [0.1, 0.15) is 30.7 Å². The predicted molar refractivity (Wildman–Crippen MR) is 66.3 cm³/mol. The molecule has 1 saturated heterocycles. The van der Waals surface area contributed by atoms with E-state index in [4.69, 9.17) is 5.73 Å². The number of aromatic nitrogens is 1. The molecule has 0 aromatic carbocycles. The Hall–Kier alpha value is -0.930. The molecule has 0 amide bonds. The zero-order chi connectivity index (χ0) is 11.2. The van der Waals surface area contributed by atoms with Gasteiger partial charge in [-0.15, -0.1) is 0 Å². The maximum Gasteiger partial charge on any atom is 0.0270 e. The quantitative estimate of drug-likeness (QED) is 0.836. The molecule has 0 saturated carbocycles. The van der Waals surface area contributed by atoms with Crippen LogP contribution >= 0.6 is 0 Å². The van der Waals surface area contributed by atoms with E-state index >= 15 is 0 Å². The third-order valence-corrected chi connectivity index (χ3v) is 3.44. The Balaban J connectivity index is 1.81. The van der Waals surface area contributed by atoms with E-state index in [0.29, 0.717) is 0 Å². The van der Waals surface area contributed by atoms with Crippen molar-refractivity contribution in [3.63, 3.8) is 0 Å². The van der Waals surface area contributed by atoms with Crippen LogP contribution in [0.3, 0.4) is 0 Å². The first kappa shape index (κ1) is 11.6. The first-order valence-corrected chi connectivity index (χ1v) is 6.22. The Morgan fingerprint density at radius 2 is 1.94 bits per heavy atom. The largest absolute Gasteiger partial charge is 0.330 e. The monoisotopic (exact) mass is 219 g/mol. The highest BCUT2D eigenvalue weighted by Crippen LogP contribution is 2.27. The average molecular weight is 219 g/mol. The summed E-state index contributed by atoms with van der Waals surface area (Å²) in [4.78, 5) is 6.60. The van der Waals surface area contributed by atoms with Gasteiger partial charge in [0, 0.05) is 12.4 Å². The summed E-state index contributed by atoms with van der Waals surface area (Å²) < 4.78 is 0. The van der Waals surface area contributed by atoms with Crippen LogP contribution in [0.25, 0.3) is 0 Å². The van der Waals surface area contributed by atoms with Crippen LogP contribution in [0.2, 0.25) is 0 Å². The number of pyridine rings is 1. The molecule has 1 aromatic heterocycles. The van der Waals surface area contributed by atoms with Crippen LogP contribution in [0.5, 0.6) is 0 Å². The van der Waals surface area contributed by atoms with Crippen LogP contribution in [-0.2, 0) is 0 Å². The molecule has 2 heterocycles. The molecule has 2 N–H and O–H groups in total. The van der Waals surface area contributed by atoms with Crippen LogP contribution in [0, 0.1) is 0 Å². The van der Waals surface area contributed by atoms with E-state index in [0.717, 1.165) is 18.9 Å². The Labute approximate surface area is 97.7 Å². The van der Waals surface area contributed by atoms with Gasteiger partial charge in [-0.1, -0.05) is 0 Å². The molecule has 0 spiro atoms. The minimum absolute atomic E-state index is 0.733. The normalized spacial score (nSPS) is 18.8. The summed E-state index contributed by atoms with van der Waals surface area (Å²) in [6.07, 6.45) is 7.47. The van der Waals surface area contributed by atoms with Gasteiger partial charge in [0.25, 0.3) is 0 Å². The second-order valence-corrected chi connectivity index (χ2v) is 4.54. The first-order chi connectivity index (χ1) is 7.90. The highest BCUT2D eigenvalue weighted by Gasteiger charge is 2.19. The molecule has 0 bridgehead atoms. The maximum absolute atomic E-state index is 5.53. The van der Waals surface area contributed by atoms with E-state index < -0.39 is 0 Å². The first-order valence-electron chi connectivity index (χ1n) is 6.22. The highest BCUT2D eigenvalue weighted by molar-refractivity contribution is 5.16. The topological polar surface area (TPSA) is 42.1 Å². The molecule has 3 nitrogen and oxygen atoms in total. The van der Waals surface area contributed by atoms with Gasteiger partial charge < -0.3 is 10.6 Å². The molecule has 0 unspecified atom stereocenters. The molecule has 1 fully saturated rings. The number of piperidine rings is 1. The summed E-state index contributed by atoms with van der Waals surface area (Å²) in [7, 11) is 0. The van der Waals surface area contributed by atoms with Crippen molar-refractivity contribution in [2.45, 2.75) is 25.2 Å². The molecule has 0 radical (unpaired) electrons. The zero-order valence-corrected chi connectivity index (χ0v) is 9.81. The van der Waals surface area contributed by atoms with Gasteiger partial charge in [-0.3, -0.25) is 4.98 Å². The van der Waals surface area contributed by atoms with Crippen molar-refractivity contribution in [1.29, 1.82) is 0 Å². The SMILES string of the molecule is NCCCN1CCC(c2ccncc2)CC1. The number of nitrogens with zero attached hydrogens (tertiary/aromatic N) is 2. The van der Waals surface area contributed by atoms with Crippen LogP contribution in [0.4, 0.5) is 0 Å². The second kappa shape index (κ2) is 5.97. The molecule has 1 aromatic rings. The van der Waals surface area contributed by atoms with E-state index in [9.17, 15) is 0 Å². The van der Waals surface area contributed by atoms with Crippen LogP contribution in [-0.4, -0.2) is 36.1 Å². The van der Waals surface area contributed by atoms with Crippen molar-refractivity contribution >= 4 is 0 Å². The fourth-order valence-corrected chi connectivity index (χ4v) is 2.44. The van der Waals surface area contributed by atoms with Crippen LogP contribution in [0.15, 0.2) is 24.5 Å². The summed E-state index contributed by atoms with van der Waals surface area (Å²) in [5, 5.41) is 0. The van der Waals surface area contributed by atoms with Crippen molar-refractivity contribution < 1.29 is 0 Å². The lowest BCUT2D eigenvalue weighted by molar-refractivity contribution is 0.211. The lowest BCUT2D eigenvalue weighted by atomic mass is 9.90.